The lowest BCUT2D eigenvalue weighted by Crippen LogP contribution is -2.39. The van der Waals surface area contributed by atoms with Crippen molar-refractivity contribution < 1.29 is 22.9 Å². The molecule has 1 heterocycles. The zero-order valence-electron chi connectivity index (χ0n) is 14.2. The van der Waals surface area contributed by atoms with Gasteiger partial charge in [-0.2, -0.15) is 4.57 Å². The van der Waals surface area contributed by atoms with Gasteiger partial charge in [0, 0.05) is 23.9 Å². The Morgan fingerprint density at radius 2 is 1.63 bits per heavy atom. The number of aromatic nitrogens is 1. The molecule has 138 valence electrons. The van der Waals surface area contributed by atoms with Gasteiger partial charge in [-0.25, -0.2) is 8.42 Å². The number of hydrogen-bond acceptors (Lipinski definition) is 4. The van der Waals surface area contributed by atoms with Gasteiger partial charge in [0.15, 0.2) is 12.4 Å². The van der Waals surface area contributed by atoms with Crippen molar-refractivity contribution in [2.24, 2.45) is 0 Å². The van der Waals surface area contributed by atoms with Crippen LogP contribution in [0, 0.1) is 0 Å². The van der Waals surface area contributed by atoms with Gasteiger partial charge < -0.3 is 10.4 Å². The Morgan fingerprint density at radius 3 is 2.30 bits per heavy atom. The number of amides is 1. The third kappa shape index (κ3) is 4.83. The lowest BCUT2D eigenvalue weighted by molar-refractivity contribution is -0.684. The lowest BCUT2D eigenvalue weighted by atomic mass is 10.2. The van der Waals surface area contributed by atoms with Gasteiger partial charge in [-0.1, -0.05) is 24.3 Å². The fraction of sp³-hybridized carbons (Fsp3) is 0.0526. The number of nitrogens with zero attached hydrogens (tertiary/aromatic N) is 1. The molecule has 1 amide bonds. The van der Waals surface area contributed by atoms with Crippen LogP contribution in [0.3, 0.4) is 0 Å². The number of carbonyl (C=O) groups excluding carboxylic acids is 1. The molecule has 0 bridgehead atoms. The van der Waals surface area contributed by atoms with Crippen molar-refractivity contribution >= 4 is 27.3 Å². The topological polar surface area (TPSA) is 99.4 Å². The van der Waals surface area contributed by atoms with Crippen molar-refractivity contribution in [1.82, 2.24) is 0 Å². The summed E-state index contributed by atoms with van der Waals surface area (Å²) < 4.78 is 28.7. The van der Waals surface area contributed by atoms with E-state index in [1.165, 1.54) is 30.3 Å². The highest BCUT2D eigenvalue weighted by Gasteiger charge is 2.16. The van der Waals surface area contributed by atoms with Gasteiger partial charge in [0.1, 0.15) is 5.75 Å². The molecule has 7 nitrogen and oxygen atoms in total. The molecule has 2 aromatic carbocycles. The van der Waals surface area contributed by atoms with E-state index in [-0.39, 0.29) is 28.8 Å². The Morgan fingerprint density at radius 1 is 0.963 bits per heavy atom. The van der Waals surface area contributed by atoms with E-state index in [1.54, 1.807) is 35.2 Å². The highest BCUT2D eigenvalue weighted by molar-refractivity contribution is 7.92. The molecule has 3 rings (SSSR count). The zero-order valence-corrected chi connectivity index (χ0v) is 15.1. The Bertz CT molecular complexity index is 1040. The summed E-state index contributed by atoms with van der Waals surface area (Å²) in [6, 6.07) is 17.5. The van der Waals surface area contributed by atoms with E-state index in [0.29, 0.717) is 5.69 Å². The van der Waals surface area contributed by atoms with E-state index in [2.05, 4.69) is 10.0 Å². The summed E-state index contributed by atoms with van der Waals surface area (Å²) in [6.07, 6.45) is 3.52. The first kappa shape index (κ1) is 18.4. The lowest BCUT2D eigenvalue weighted by Gasteiger charge is -2.11. The van der Waals surface area contributed by atoms with Crippen molar-refractivity contribution in [1.29, 1.82) is 0 Å². The maximum Gasteiger partial charge on any atom is 0.290 e. The molecule has 0 saturated heterocycles. The maximum atomic E-state index is 12.3. The number of anilines is 2. The van der Waals surface area contributed by atoms with Crippen LogP contribution in [-0.2, 0) is 21.4 Å². The molecule has 0 aliphatic heterocycles. The van der Waals surface area contributed by atoms with Gasteiger partial charge in [0.05, 0.1) is 10.6 Å². The second kappa shape index (κ2) is 7.88. The summed E-state index contributed by atoms with van der Waals surface area (Å²) in [5, 5.41) is 12.8. The van der Waals surface area contributed by atoms with Crippen molar-refractivity contribution in [3.8, 4) is 5.75 Å². The van der Waals surface area contributed by atoms with Crippen molar-refractivity contribution in [3.05, 3.63) is 79.1 Å². The fourth-order valence-electron chi connectivity index (χ4n) is 2.41. The molecule has 0 unspecified atom stereocenters. The van der Waals surface area contributed by atoms with E-state index in [1.807, 2.05) is 18.2 Å². The standard InChI is InChI=1S/C19H17N3O4S/c23-18-13-15(20-19(24)14-22-11-5-2-6-12-22)9-10-17(18)21-27(25,26)16-7-3-1-4-8-16/h1-13,21H,14H2,(H-,20,23,24)/p+1. The summed E-state index contributed by atoms with van der Waals surface area (Å²) >= 11 is 0. The van der Waals surface area contributed by atoms with Crippen LogP contribution in [0.25, 0.3) is 0 Å². The van der Waals surface area contributed by atoms with Crippen LogP contribution in [-0.4, -0.2) is 19.4 Å². The number of phenols is 1. The third-order valence-electron chi connectivity index (χ3n) is 3.68. The second-order valence-electron chi connectivity index (χ2n) is 5.75. The molecule has 0 radical (unpaired) electrons. The van der Waals surface area contributed by atoms with E-state index < -0.39 is 10.0 Å². The van der Waals surface area contributed by atoms with Gasteiger partial charge in [-0.15, -0.1) is 0 Å². The van der Waals surface area contributed by atoms with Crippen LogP contribution in [0.2, 0.25) is 0 Å². The zero-order chi connectivity index (χ0) is 19.3. The predicted molar refractivity (Wildman–Crippen MR) is 101 cm³/mol. The number of benzene rings is 2. The average molecular weight is 384 g/mol. The summed E-state index contributed by atoms with van der Waals surface area (Å²) in [7, 11) is -3.81. The predicted octanol–water partition coefficient (Wildman–Crippen LogP) is 2.12. The molecule has 0 aliphatic carbocycles. The SMILES string of the molecule is O=C(C[n+]1ccccc1)Nc1ccc(NS(=O)(=O)c2ccccc2)c(O)c1. The molecule has 0 aliphatic rings. The fourth-order valence-corrected chi connectivity index (χ4v) is 3.50. The summed E-state index contributed by atoms with van der Waals surface area (Å²) in [5.41, 5.74) is 0.381. The summed E-state index contributed by atoms with van der Waals surface area (Å²) in [5.74, 6) is -0.567. The van der Waals surface area contributed by atoms with Gasteiger partial charge in [0.2, 0.25) is 6.54 Å². The van der Waals surface area contributed by atoms with E-state index >= 15 is 0 Å². The largest absolute Gasteiger partial charge is 0.506 e. The van der Waals surface area contributed by atoms with Crippen molar-refractivity contribution in [2.45, 2.75) is 11.4 Å². The number of rotatable bonds is 6. The van der Waals surface area contributed by atoms with Gasteiger partial charge >= 0.3 is 0 Å². The van der Waals surface area contributed by atoms with Crippen LogP contribution in [0.5, 0.6) is 5.75 Å². The van der Waals surface area contributed by atoms with Crippen LogP contribution < -0.4 is 14.6 Å². The number of carbonyl (C=O) groups is 1. The molecule has 0 atom stereocenters. The molecule has 0 saturated carbocycles. The molecular weight excluding hydrogens is 366 g/mol. The number of sulfonamides is 1. The molecule has 3 aromatic rings. The monoisotopic (exact) mass is 384 g/mol. The minimum Gasteiger partial charge on any atom is -0.506 e. The summed E-state index contributed by atoms with van der Waals surface area (Å²) in [4.78, 5) is 12.2. The average Bonchev–Trinajstić information content (AvgIpc) is 2.65. The number of aromatic hydroxyl groups is 1. The Kier molecular flexibility index (Phi) is 5.37. The molecular formula is C19H18N3O4S+. The molecule has 8 heteroatoms. The van der Waals surface area contributed by atoms with Crippen LogP contribution in [0.15, 0.2) is 84.0 Å². The minimum absolute atomic E-state index is 0.0225. The Balaban J connectivity index is 1.69. The highest BCUT2D eigenvalue weighted by atomic mass is 32.2. The first-order valence-electron chi connectivity index (χ1n) is 8.09. The first-order chi connectivity index (χ1) is 12.9. The van der Waals surface area contributed by atoms with E-state index in [4.69, 9.17) is 0 Å². The van der Waals surface area contributed by atoms with E-state index in [9.17, 15) is 18.3 Å². The quantitative estimate of drug-likeness (QED) is 0.448. The second-order valence-corrected chi connectivity index (χ2v) is 7.43. The van der Waals surface area contributed by atoms with Crippen molar-refractivity contribution in [3.63, 3.8) is 0 Å². The highest BCUT2D eigenvalue weighted by Crippen LogP contribution is 2.28. The van der Waals surface area contributed by atoms with E-state index in [0.717, 1.165) is 0 Å². The maximum absolute atomic E-state index is 12.3. The van der Waals surface area contributed by atoms with Gasteiger partial charge in [-0.3, -0.25) is 9.52 Å². The normalized spacial score (nSPS) is 11.0. The van der Waals surface area contributed by atoms with Crippen LogP contribution >= 0.6 is 0 Å². The number of hydrogen-bond donors (Lipinski definition) is 3. The number of phenolic OH excluding ortho intramolecular Hbond substituents is 1. The van der Waals surface area contributed by atoms with Crippen molar-refractivity contribution in [2.75, 3.05) is 10.0 Å². The Hall–Kier alpha value is -3.39. The smallest absolute Gasteiger partial charge is 0.290 e. The third-order valence-corrected chi connectivity index (χ3v) is 5.06. The number of pyridine rings is 1. The molecule has 0 spiro atoms. The molecule has 1 aromatic heterocycles. The Labute approximate surface area is 157 Å². The molecule has 3 N–H and O–H groups in total. The van der Waals surface area contributed by atoms with Gasteiger partial charge in [0.25, 0.3) is 15.9 Å². The minimum atomic E-state index is -3.81. The van der Waals surface area contributed by atoms with Gasteiger partial charge in [-0.05, 0) is 24.3 Å². The molecule has 27 heavy (non-hydrogen) atoms. The molecule has 0 fully saturated rings. The number of nitrogens with one attached hydrogen (secondary N) is 2. The summed E-state index contributed by atoms with van der Waals surface area (Å²) in [6.45, 7) is 0.115. The van der Waals surface area contributed by atoms with Crippen LogP contribution in [0.4, 0.5) is 11.4 Å². The van der Waals surface area contributed by atoms with Crippen LogP contribution in [0.1, 0.15) is 0 Å². The first-order valence-corrected chi connectivity index (χ1v) is 9.57.